The summed E-state index contributed by atoms with van der Waals surface area (Å²) < 4.78 is 24.3. The molecule has 4 heteroatoms. The summed E-state index contributed by atoms with van der Waals surface area (Å²) >= 11 is 0. The molecule has 0 aliphatic heterocycles. The molecule has 4 rings (SSSR count). The van der Waals surface area contributed by atoms with E-state index in [4.69, 9.17) is 17.7 Å². The predicted molar refractivity (Wildman–Crippen MR) is 111 cm³/mol. The normalized spacial score (nSPS) is 13.7. The van der Waals surface area contributed by atoms with E-state index in [2.05, 4.69) is 26.0 Å². The fourth-order valence-electron chi connectivity index (χ4n) is 3.81. The van der Waals surface area contributed by atoms with Crippen molar-refractivity contribution in [1.29, 1.82) is 0 Å². The molecular weight excluding hydrogens is 364 g/mol. The molecule has 0 aromatic carbocycles. The predicted octanol–water partition coefficient (Wildman–Crippen LogP) is 7.15. The second-order valence-electron chi connectivity index (χ2n) is 7.55. The van der Waals surface area contributed by atoms with Crippen molar-refractivity contribution < 1.29 is 17.7 Å². The highest BCUT2D eigenvalue weighted by Gasteiger charge is 2.30. The fraction of sp³-hybridized carbons (Fsp3) is 0.360. The summed E-state index contributed by atoms with van der Waals surface area (Å²) in [5.41, 5.74) is 0. The summed E-state index contributed by atoms with van der Waals surface area (Å²) in [5.74, 6) is 7.29. The van der Waals surface area contributed by atoms with Crippen molar-refractivity contribution in [2.45, 2.75) is 58.8 Å². The van der Waals surface area contributed by atoms with E-state index >= 15 is 0 Å². The number of aryl methyl sites for hydroxylation is 4. The Labute approximate surface area is 171 Å². The van der Waals surface area contributed by atoms with E-state index in [-0.39, 0.29) is 11.8 Å². The first-order valence-electron chi connectivity index (χ1n) is 10.4. The molecule has 0 aliphatic rings. The molecule has 4 nitrogen and oxygen atoms in total. The number of hydrogen-bond donors (Lipinski definition) is 0. The van der Waals surface area contributed by atoms with Crippen molar-refractivity contribution >= 4 is 0 Å². The Kier molecular flexibility index (Phi) is 5.52. The van der Waals surface area contributed by atoms with Crippen LogP contribution in [0.4, 0.5) is 0 Å². The van der Waals surface area contributed by atoms with Crippen LogP contribution in [-0.4, -0.2) is 0 Å². The van der Waals surface area contributed by atoms with Gasteiger partial charge < -0.3 is 17.7 Å². The standard InChI is InChI=1S/C25H28O4/c1-5-18-9-13-24(28-18)20(22-11-7-16(3)26-22)15-21(23-12-8-17(4)27-23)25-14-10-19(6-2)29-25/h7-14,20-21H,5-6,15H2,1-4H3. The molecular formula is C25H28O4. The third-order valence-corrected chi connectivity index (χ3v) is 5.43. The molecule has 0 aliphatic carbocycles. The maximum absolute atomic E-state index is 6.14. The highest BCUT2D eigenvalue weighted by atomic mass is 16.4. The van der Waals surface area contributed by atoms with Crippen LogP contribution in [0.1, 0.15) is 78.2 Å². The topological polar surface area (TPSA) is 52.6 Å². The molecule has 0 fully saturated rings. The van der Waals surface area contributed by atoms with Gasteiger partial charge in [0.1, 0.15) is 46.1 Å². The number of rotatable bonds is 8. The molecule has 29 heavy (non-hydrogen) atoms. The van der Waals surface area contributed by atoms with E-state index in [1.165, 1.54) is 0 Å². The monoisotopic (exact) mass is 392 g/mol. The largest absolute Gasteiger partial charge is 0.466 e. The molecule has 0 N–H and O–H groups in total. The second-order valence-corrected chi connectivity index (χ2v) is 7.55. The van der Waals surface area contributed by atoms with Crippen molar-refractivity contribution in [3.8, 4) is 0 Å². The van der Waals surface area contributed by atoms with Crippen molar-refractivity contribution in [3.05, 3.63) is 94.6 Å². The first-order chi connectivity index (χ1) is 14.1. The van der Waals surface area contributed by atoms with Gasteiger partial charge in [-0.25, -0.2) is 0 Å². The molecule has 4 aromatic heterocycles. The molecule has 152 valence electrons. The smallest absolute Gasteiger partial charge is 0.114 e. The van der Waals surface area contributed by atoms with Gasteiger partial charge in [0.2, 0.25) is 0 Å². The van der Waals surface area contributed by atoms with Crippen LogP contribution in [0, 0.1) is 13.8 Å². The molecule has 2 atom stereocenters. The number of furan rings is 4. The highest BCUT2D eigenvalue weighted by molar-refractivity contribution is 5.28. The van der Waals surface area contributed by atoms with Gasteiger partial charge in [0.15, 0.2) is 0 Å². The van der Waals surface area contributed by atoms with Crippen molar-refractivity contribution in [3.63, 3.8) is 0 Å². The Balaban J connectivity index is 1.75. The molecule has 0 radical (unpaired) electrons. The summed E-state index contributed by atoms with van der Waals surface area (Å²) in [4.78, 5) is 0. The molecule has 0 amide bonds. The van der Waals surface area contributed by atoms with Crippen molar-refractivity contribution in [2.24, 2.45) is 0 Å². The maximum atomic E-state index is 6.14. The second kappa shape index (κ2) is 8.24. The van der Waals surface area contributed by atoms with Crippen LogP contribution in [0.3, 0.4) is 0 Å². The minimum atomic E-state index is -0.0328. The minimum Gasteiger partial charge on any atom is -0.466 e. The van der Waals surface area contributed by atoms with E-state index in [0.29, 0.717) is 0 Å². The van der Waals surface area contributed by atoms with Crippen LogP contribution in [0.15, 0.2) is 66.2 Å². The average molecular weight is 392 g/mol. The maximum Gasteiger partial charge on any atom is 0.114 e. The lowest BCUT2D eigenvalue weighted by molar-refractivity contribution is 0.349. The van der Waals surface area contributed by atoms with E-state index in [1.54, 1.807) is 0 Å². The SMILES string of the molecule is CCc1ccc(C(CC(c2ccc(C)o2)c2ccc(CC)o2)c2ccc(C)o2)o1. The molecule has 2 unspecified atom stereocenters. The first kappa shape index (κ1) is 19.4. The van der Waals surface area contributed by atoms with Gasteiger partial charge in [-0.3, -0.25) is 0 Å². The zero-order chi connectivity index (χ0) is 20.4. The van der Waals surface area contributed by atoms with Gasteiger partial charge in [-0.2, -0.15) is 0 Å². The highest BCUT2D eigenvalue weighted by Crippen LogP contribution is 2.40. The van der Waals surface area contributed by atoms with Crippen molar-refractivity contribution in [1.82, 2.24) is 0 Å². The summed E-state index contributed by atoms with van der Waals surface area (Å²) in [6, 6.07) is 16.3. The fourth-order valence-corrected chi connectivity index (χ4v) is 3.81. The lowest BCUT2D eigenvalue weighted by Crippen LogP contribution is -2.08. The molecule has 4 aromatic rings. The van der Waals surface area contributed by atoms with Crippen LogP contribution >= 0.6 is 0 Å². The van der Waals surface area contributed by atoms with Crippen LogP contribution in [-0.2, 0) is 12.8 Å². The van der Waals surface area contributed by atoms with Gasteiger partial charge in [-0.15, -0.1) is 0 Å². The third-order valence-electron chi connectivity index (χ3n) is 5.43. The molecule has 0 saturated heterocycles. The van der Waals surface area contributed by atoms with Crippen LogP contribution in [0.25, 0.3) is 0 Å². The molecule has 0 spiro atoms. The minimum absolute atomic E-state index is 0.0328. The third kappa shape index (κ3) is 4.12. The molecule has 0 bridgehead atoms. The molecule has 0 saturated carbocycles. The summed E-state index contributed by atoms with van der Waals surface area (Å²) in [6.45, 7) is 8.12. The summed E-state index contributed by atoms with van der Waals surface area (Å²) in [7, 11) is 0. The van der Waals surface area contributed by atoms with Gasteiger partial charge in [0.05, 0.1) is 11.8 Å². The van der Waals surface area contributed by atoms with E-state index in [1.807, 2.05) is 50.2 Å². The Morgan fingerprint density at radius 3 is 1.24 bits per heavy atom. The van der Waals surface area contributed by atoms with Crippen LogP contribution < -0.4 is 0 Å². The Bertz CT molecular complexity index is 974. The summed E-state index contributed by atoms with van der Waals surface area (Å²) in [5, 5.41) is 0. The quantitative estimate of drug-likeness (QED) is 0.319. The Hall–Kier alpha value is -2.88. The van der Waals surface area contributed by atoms with Crippen LogP contribution in [0.5, 0.6) is 0 Å². The Morgan fingerprint density at radius 2 is 0.931 bits per heavy atom. The zero-order valence-electron chi connectivity index (χ0n) is 17.5. The van der Waals surface area contributed by atoms with Gasteiger partial charge in [-0.1, -0.05) is 13.8 Å². The van der Waals surface area contributed by atoms with E-state index < -0.39 is 0 Å². The van der Waals surface area contributed by atoms with E-state index in [0.717, 1.165) is 65.3 Å². The first-order valence-corrected chi connectivity index (χ1v) is 10.4. The average Bonchev–Trinajstić information content (AvgIpc) is 3.50. The Morgan fingerprint density at radius 1 is 0.552 bits per heavy atom. The van der Waals surface area contributed by atoms with E-state index in [9.17, 15) is 0 Å². The van der Waals surface area contributed by atoms with Gasteiger partial charge in [-0.05, 0) is 68.8 Å². The van der Waals surface area contributed by atoms with Gasteiger partial charge in [0.25, 0.3) is 0 Å². The van der Waals surface area contributed by atoms with Crippen LogP contribution in [0.2, 0.25) is 0 Å². The molecule has 4 heterocycles. The zero-order valence-corrected chi connectivity index (χ0v) is 17.5. The van der Waals surface area contributed by atoms with Crippen molar-refractivity contribution in [2.75, 3.05) is 0 Å². The summed E-state index contributed by atoms with van der Waals surface area (Å²) in [6.07, 6.45) is 2.46. The lowest BCUT2D eigenvalue weighted by Gasteiger charge is -2.19. The lowest BCUT2D eigenvalue weighted by atomic mass is 9.87. The van der Waals surface area contributed by atoms with Gasteiger partial charge >= 0.3 is 0 Å². The van der Waals surface area contributed by atoms with Gasteiger partial charge in [0, 0.05) is 12.8 Å². The number of hydrogen-bond acceptors (Lipinski definition) is 4.